The molecule has 7 heteroatoms. The average molecular weight is 326 g/mol. The van der Waals surface area contributed by atoms with E-state index >= 15 is 0 Å². The van der Waals surface area contributed by atoms with Crippen molar-refractivity contribution >= 4 is 23.4 Å². The lowest BCUT2D eigenvalue weighted by molar-refractivity contribution is 0.0196. The van der Waals surface area contributed by atoms with Gasteiger partial charge in [0, 0.05) is 29.9 Å². The van der Waals surface area contributed by atoms with Crippen molar-refractivity contribution in [1.29, 1.82) is 0 Å². The van der Waals surface area contributed by atoms with Crippen LogP contribution >= 0.6 is 11.3 Å². The van der Waals surface area contributed by atoms with E-state index in [0.29, 0.717) is 25.2 Å². The number of piperazine rings is 1. The Kier molecular flexibility index (Phi) is 5.08. The molecular weight excluding hydrogens is 304 g/mol. The lowest BCUT2D eigenvalue weighted by atomic mass is 10.1. The maximum Gasteiger partial charge on any atom is 0.410 e. The molecule has 1 aliphatic heterocycles. The Morgan fingerprint density at radius 3 is 2.77 bits per heavy atom. The number of methoxy groups -OCH3 is 1. The standard InChI is InChI=1S/C15H22N2O4S/c1-15(2,3)21-14(19)17-6-5-16-11(8-17)12-7-10(9-22-12)13(18)20-4/h7,9,11,16H,5-6,8H2,1-4H3. The number of thiophene rings is 1. The number of rotatable bonds is 2. The van der Waals surface area contributed by atoms with Gasteiger partial charge in [-0.25, -0.2) is 9.59 Å². The minimum Gasteiger partial charge on any atom is -0.465 e. The number of carbonyl (C=O) groups excluding carboxylic acids is 2. The second kappa shape index (κ2) is 6.66. The fraction of sp³-hybridized carbons (Fsp3) is 0.600. The van der Waals surface area contributed by atoms with Crippen molar-refractivity contribution in [1.82, 2.24) is 10.2 Å². The third-order valence-electron chi connectivity index (χ3n) is 3.21. The molecule has 0 aliphatic carbocycles. The van der Waals surface area contributed by atoms with Crippen LogP contribution in [0.25, 0.3) is 0 Å². The molecule has 1 aromatic heterocycles. The zero-order valence-corrected chi connectivity index (χ0v) is 14.2. The van der Waals surface area contributed by atoms with Crippen LogP contribution < -0.4 is 5.32 Å². The van der Waals surface area contributed by atoms with E-state index in [1.54, 1.807) is 10.3 Å². The molecule has 1 unspecified atom stereocenters. The largest absolute Gasteiger partial charge is 0.465 e. The molecule has 6 nitrogen and oxygen atoms in total. The summed E-state index contributed by atoms with van der Waals surface area (Å²) in [7, 11) is 1.36. The Labute approximate surface area is 134 Å². The Hall–Kier alpha value is -1.60. The number of amides is 1. The van der Waals surface area contributed by atoms with Gasteiger partial charge in [-0.2, -0.15) is 0 Å². The van der Waals surface area contributed by atoms with Crippen molar-refractivity contribution in [2.75, 3.05) is 26.7 Å². The Morgan fingerprint density at radius 2 is 2.14 bits per heavy atom. The number of hydrogen-bond acceptors (Lipinski definition) is 6. The molecule has 22 heavy (non-hydrogen) atoms. The van der Waals surface area contributed by atoms with Gasteiger partial charge in [-0.15, -0.1) is 11.3 Å². The summed E-state index contributed by atoms with van der Waals surface area (Å²) >= 11 is 1.48. The van der Waals surface area contributed by atoms with E-state index in [-0.39, 0.29) is 18.1 Å². The summed E-state index contributed by atoms with van der Waals surface area (Å²) in [5.74, 6) is -0.345. The zero-order valence-electron chi connectivity index (χ0n) is 13.3. The topological polar surface area (TPSA) is 67.9 Å². The van der Waals surface area contributed by atoms with E-state index in [9.17, 15) is 9.59 Å². The zero-order chi connectivity index (χ0) is 16.3. The quantitative estimate of drug-likeness (QED) is 0.845. The molecule has 1 amide bonds. The van der Waals surface area contributed by atoms with Gasteiger partial charge < -0.3 is 19.7 Å². The number of nitrogens with one attached hydrogen (secondary N) is 1. The normalized spacial score (nSPS) is 18.9. The van der Waals surface area contributed by atoms with Gasteiger partial charge in [0.2, 0.25) is 0 Å². The molecule has 1 aromatic rings. The molecule has 0 radical (unpaired) electrons. The smallest absolute Gasteiger partial charge is 0.410 e. The van der Waals surface area contributed by atoms with Gasteiger partial charge in [-0.3, -0.25) is 0 Å². The van der Waals surface area contributed by atoms with Crippen molar-refractivity contribution in [3.63, 3.8) is 0 Å². The first-order valence-corrected chi connectivity index (χ1v) is 8.06. The molecule has 0 saturated carbocycles. The lowest BCUT2D eigenvalue weighted by Crippen LogP contribution is -2.49. The van der Waals surface area contributed by atoms with Crippen LogP contribution in [0.1, 0.15) is 42.0 Å². The molecule has 122 valence electrons. The molecule has 1 atom stereocenters. The highest BCUT2D eigenvalue weighted by Crippen LogP contribution is 2.25. The minimum atomic E-state index is -0.502. The third-order valence-corrected chi connectivity index (χ3v) is 4.26. The van der Waals surface area contributed by atoms with Gasteiger partial charge in [-0.05, 0) is 26.8 Å². The fourth-order valence-corrected chi connectivity index (χ4v) is 3.14. The van der Waals surface area contributed by atoms with Crippen LogP contribution in [0.5, 0.6) is 0 Å². The van der Waals surface area contributed by atoms with Crippen LogP contribution in [0, 0.1) is 0 Å². The molecule has 1 fully saturated rings. The molecule has 2 heterocycles. The summed E-state index contributed by atoms with van der Waals surface area (Å²) in [6, 6.07) is 1.82. The molecule has 1 aliphatic rings. The highest BCUT2D eigenvalue weighted by molar-refractivity contribution is 7.10. The number of ether oxygens (including phenoxy) is 2. The minimum absolute atomic E-state index is 0.00433. The van der Waals surface area contributed by atoms with Crippen molar-refractivity contribution in [3.8, 4) is 0 Å². The summed E-state index contributed by atoms with van der Waals surface area (Å²) in [6.45, 7) is 7.39. The molecule has 1 N–H and O–H groups in total. The third kappa shape index (κ3) is 4.20. The Morgan fingerprint density at radius 1 is 1.41 bits per heavy atom. The van der Waals surface area contributed by atoms with Crippen LogP contribution in [0.3, 0.4) is 0 Å². The molecule has 1 saturated heterocycles. The lowest BCUT2D eigenvalue weighted by Gasteiger charge is -2.34. The number of hydrogen-bond donors (Lipinski definition) is 1. The number of carbonyl (C=O) groups is 2. The number of nitrogens with zero attached hydrogens (tertiary/aromatic N) is 1. The molecule has 0 aromatic carbocycles. The second-order valence-electron chi connectivity index (χ2n) is 6.16. The summed E-state index contributed by atoms with van der Waals surface area (Å²) < 4.78 is 10.1. The first-order valence-electron chi connectivity index (χ1n) is 7.18. The maximum atomic E-state index is 12.2. The summed E-state index contributed by atoms with van der Waals surface area (Å²) in [5.41, 5.74) is 0.0389. The first kappa shape index (κ1) is 16.8. The molecule has 0 spiro atoms. The van der Waals surface area contributed by atoms with Crippen LogP contribution in [-0.2, 0) is 9.47 Å². The van der Waals surface area contributed by atoms with Crippen LogP contribution in [0.15, 0.2) is 11.4 Å². The van der Waals surface area contributed by atoms with Crippen LogP contribution in [-0.4, -0.2) is 49.3 Å². The van der Waals surface area contributed by atoms with Crippen molar-refractivity contribution in [2.24, 2.45) is 0 Å². The van der Waals surface area contributed by atoms with Crippen LogP contribution in [0.4, 0.5) is 4.79 Å². The van der Waals surface area contributed by atoms with Crippen molar-refractivity contribution < 1.29 is 19.1 Å². The van der Waals surface area contributed by atoms with E-state index < -0.39 is 5.60 Å². The SMILES string of the molecule is COC(=O)c1csc(C2CN(C(=O)OC(C)(C)C)CCN2)c1. The first-order chi connectivity index (χ1) is 10.3. The van der Waals surface area contributed by atoms with Crippen molar-refractivity contribution in [3.05, 3.63) is 21.9 Å². The van der Waals surface area contributed by atoms with E-state index in [0.717, 1.165) is 4.88 Å². The average Bonchev–Trinajstić information content (AvgIpc) is 2.94. The van der Waals surface area contributed by atoms with Gasteiger partial charge >= 0.3 is 12.1 Å². The van der Waals surface area contributed by atoms with E-state index in [2.05, 4.69) is 5.32 Å². The molecule has 2 rings (SSSR count). The van der Waals surface area contributed by atoms with E-state index in [1.807, 2.05) is 26.8 Å². The summed E-state index contributed by atoms with van der Waals surface area (Å²) in [4.78, 5) is 26.4. The second-order valence-corrected chi connectivity index (χ2v) is 7.11. The van der Waals surface area contributed by atoms with E-state index in [4.69, 9.17) is 9.47 Å². The van der Waals surface area contributed by atoms with Gasteiger partial charge in [0.05, 0.1) is 18.7 Å². The van der Waals surface area contributed by atoms with Gasteiger partial charge in [0.25, 0.3) is 0 Å². The monoisotopic (exact) mass is 326 g/mol. The highest BCUT2D eigenvalue weighted by Gasteiger charge is 2.29. The molecular formula is C15H22N2O4S. The highest BCUT2D eigenvalue weighted by atomic mass is 32.1. The maximum absolute atomic E-state index is 12.2. The van der Waals surface area contributed by atoms with Gasteiger partial charge in [0.15, 0.2) is 0 Å². The molecule has 0 bridgehead atoms. The Bertz CT molecular complexity index is 550. The summed E-state index contributed by atoms with van der Waals surface area (Å²) in [5, 5.41) is 5.14. The van der Waals surface area contributed by atoms with Crippen LogP contribution in [0.2, 0.25) is 0 Å². The van der Waals surface area contributed by atoms with Gasteiger partial charge in [-0.1, -0.05) is 0 Å². The summed E-state index contributed by atoms with van der Waals surface area (Å²) in [6.07, 6.45) is -0.302. The number of esters is 1. The Balaban J connectivity index is 2.03. The van der Waals surface area contributed by atoms with E-state index in [1.165, 1.54) is 18.4 Å². The van der Waals surface area contributed by atoms with Crippen molar-refractivity contribution in [2.45, 2.75) is 32.4 Å². The predicted octanol–water partition coefficient (Wildman–Crippen LogP) is 2.42. The predicted molar refractivity (Wildman–Crippen MR) is 84.2 cm³/mol. The van der Waals surface area contributed by atoms with Gasteiger partial charge in [0.1, 0.15) is 5.60 Å². The fourth-order valence-electron chi connectivity index (χ4n) is 2.19.